The zero-order chi connectivity index (χ0) is 15.0. The van der Waals surface area contributed by atoms with Gasteiger partial charge in [0, 0.05) is 10.6 Å². The van der Waals surface area contributed by atoms with Gasteiger partial charge in [-0.2, -0.15) is 4.98 Å². The van der Waals surface area contributed by atoms with Gasteiger partial charge in [0.1, 0.15) is 10.6 Å². The van der Waals surface area contributed by atoms with Crippen molar-refractivity contribution in [3.05, 3.63) is 46.1 Å². The van der Waals surface area contributed by atoms with Gasteiger partial charge in [-0.05, 0) is 48.2 Å². The number of nitrogens with zero attached hydrogens (tertiary/aromatic N) is 2. The lowest BCUT2D eigenvalue weighted by Gasteiger charge is -2.10. The largest absolute Gasteiger partial charge is 0.340 e. The number of thiophene rings is 1. The Kier molecular flexibility index (Phi) is 3.83. The van der Waals surface area contributed by atoms with Crippen molar-refractivity contribution in [1.82, 2.24) is 9.97 Å². The molecule has 0 amide bonds. The molecular weight excluding hydrogens is 302 g/mol. The highest BCUT2D eigenvalue weighted by Gasteiger charge is 2.10. The van der Waals surface area contributed by atoms with Crippen molar-refractivity contribution in [1.29, 1.82) is 0 Å². The Balaban J connectivity index is 2.03. The van der Waals surface area contributed by atoms with Gasteiger partial charge in [-0.3, -0.25) is 0 Å². The number of nitrogens with one attached hydrogen (secondary N) is 1. The average Bonchev–Trinajstić information content (AvgIpc) is 2.79. The van der Waals surface area contributed by atoms with Crippen LogP contribution >= 0.6 is 22.9 Å². The number of halogens is 1. The summed E-state index contributed by atoms with van der Waals surface area (Å²) in [4.78, 5) is 10.7. The first kappa shape index (κ1) is 14.3. The number of aromatic nitrogens is 2. The number of hydrogen-bond donors (Lipinski definition) is 1. The van der Waals surface area contributed by atoms with Crippen molar-refractivity contribution < 1.29 is 0 Å². The first-order valence-electron chi connectivity index (χ1n) is 6.83. The van der Waals surface area contributed by atoms with E-state index in [-0.39, 0.29) is 5.28 Å². The quantitative estimate of drug-likeness (QED) is 0.646. The summed E-state index contributed by atoms with van der Waals surface area (Å²) in [6.45, 7) is 6.42. The van der Waals surface area contributed by atoms with Crippen LogP contribution in [-0.4, -0.2) is 9.97 Å². The summed E-state index contributed by atoms with van der Waals surface area (Å²) in [5, 5.41) is 4.65. The minimum atomic E-state index is 0.270. The molecule has 0 atom stereocenters. The molecule has 5 heteroatoms. The first-order chi connectivity index (χ1) is 10.0. The van der Waals surface area contributed by atoms with E-state index in [0.29, 0.717) is 5.92 Å². The molecule has 1 N–H and O–H groups in total. The Bertz CT molecular complexity index is 795. The summed E-state index contributed by atoms with van der Waals surface area (Å²) in [5.41, 5.74) is 2.30. The Morgan fingerprint density at radius 1 is 1.19 bits per heavy atom. The highest BCUT2D eigenvalue weighted by atomic mass is 35.5. The van der Waals surface area contributed by atoms with Crippen molar-refractivity contribution in [2.45, 2.75) is 26.7 Å². The fraction of sp³-hybridized carbons (Fsp3) is 0.250. The molecule has 0 saturated heterocycles. The van der Waals surface area contributed by atoms with Crippen LogP contribution in [0.5, 0.6) is 0 Å². The summed E-state index contributed by atoms with van der Waals surface area (Å²) in [5.74, 6) is 1.25. The minimum Gasteiger partial charge on any atom is -0.340 e. The molecular formula is C16H16ClN3S. The SMILES string of the molecule is Cc1cc2c(Nc3cccc(C(C)C)c3)nc(Cl)nc2s1. The van der Waals surface area contributed by atoms with Crippen LogP contribution in [0.2, 0.25) is 5.28 Å². The number of hydrogen-bond acceptors (Lipinski definition) is 4. The molecule has 0 bridgehead atoms. The van der Waals surface area contributed by atoms with Gasteiger partial charge in [0.05, 0.1) is 5.39 Å². The molecule has 3 nitrogen and oxygen atoms in total. The second-order valence-corrected chi connectivity index (χ2v) is 6.90. The van der Waals surface area contributed by atoms with Gasteiger partial charge < -0.3 is 5.32 Å². The predicted molar refractivity (Wildman–Crippen MR) is 91.0 cm³/mol. The molecule has 2 aromatic heterocycles. The third-order valence-electron chi connectivity index (χ3n) is 3.30. The predicted octanol–water partition coefficient (Wildman–Crippen LogP) is 5.52. The molecule has 0 spiro atoms. The maximum absolute atomic E-state index is 6.03. The normalized spacial score (nSPS) is 11.3. The Hall–Kier alpha value is -1.65. The van der Waals surface area contributed by atoms with E-state index < -0.39 is 0 Å². The molecule has 0 aliphatic heterocycles. The maximum Gasteiger partial charge on any atom is 0.225 e. The summed E-state index contributed by atoms with van der Waals surface area (Å²) in [6, 6.07) is 10.5. The highest BCUT2D eigenvalue weighted by molar-refractivity contribution is 7.18. The molecule has 2 heterocycles. The van der Waals surface area contributed by atoms with Gasteiger partial charge in [-0.15, -0.1) is 11.3 Å². The van der Waals surface area contributed by atoms with E-state index in [9.17, 15) is 0 Å². The van der Waals surface area contributed by atoms with Gasteiger partial charge in [0.15, 0.2) is 0 Å². The Labute approximate surface area is 133 Å². The van der Waals surface area contributed by atoms with Crippen LogP contribution in [-0.2, 0) is 0 Å². The lowest BCUT2D eigenvalue weighted by atomic mass is 10.0. The molecule has 3 aromatic rings. The second kappa shape index (κ2) is 5.62. The third-order valence-corrected chi connectivity index (χ3v) is 4.42. The van der Waals surface area contributed by atoms with E-state index >= 15 is 0 Å². The fourth-order valence-electron chi connectivity index (χ4n) is 2.22. The third kappa shape index (κ3) is 3.01. The van der Waals surface area contributed by atoms with Gasteiger partial charge in [0.25, 0.3) is 0 Å². The van der Waals surface area contributed by atoms with Crippen LogP contribution in [0.3, 0.4) is 0 Å². The molecule has 0 fully saturated rings. The smallest absolute Gasteiger partial charge is 0.225 e. The van der Waals surface area contributed by atoms with Crippen molar-refractivity contribution in [3.8, 4) is 0 Å². The molecule has 0 aliphatic rings. The van der Waals surface area contributed by atoms with Gasteiger partial charge in [-0.25, -0.2) is 4.98 Å². The second-order valence-electron chi connectivity index (χ2n) is 5.32. The van der Waals surface area contributed by atoms with Crippen molar-refractivity contribution in [2.24, 2.45) is 0 Å². The first-order valence-corrected chi connectivity index (χ1v) is 8.03. The molecule has 0 unspecified atom stereocenters. The van der Waals surface area contributed by atoms with E-state index in [1.807, 2.05) is 6.07 Å². The summed E-state index contributed by atoms with van der Waals surface area (Å²) < 4.78 is 0. The standard InChI is InChI=1S/C16H16ClN3S/c1-9(2)11-5-4-6-12(8-11)18-14-13-7-10(3)21-15(13)20-16(17)19-14/h4-9H,1-3H3,(H,18,19,20). The van der Waals surface area contributed by atoms with Crippen LogP contribution in [0.1, 0.15) is 30.2 Å². The van der Waals surface area contributed by atoms with Crippen molar-refractivity contribution in [2.75, 3.05) is 5.32 Å². The summed E-state index contributed by atoms with van der Waals surface area (Å²) >= 11 is 7.65. The van der Waals surface area contributed by atoms with E-state index in [1.54, 1.807) is 11.3 Å². The minimum absolute atomic E-state index is 0.270. The summed E-state index contributed by atoms with van der Waals surface area (Å²) in [6.07, 6.45) is 0. The molecule has 0 aliphatic carbocycles. The molecule has 1 aromatic carbocycles. The lowest BCUT2D eigenvalue weighted by molar-refractivity contribution is 0.867. The Morgan fingerprint density at radius 3 is 2.76 bits per heavy atom. The Morgan fingerprint density at radius 2 is 2.00 bits per heavy atom. The van der Waals surface area contributed by atoms with E-state index in [1.165, 1.54) is 10.4 Å². The summed E-state index contributed by atoms with van der Waals surface area (Å²) in [7, 11) is 0. The van der Waals surface area contributed by atoms with Crippen LogP contribution in [0.15, 0.2) is 30.3 Å². The van der Waals surface area contributed by atoms with Crippen LogP contribution in [0, 0.1) is 6.92 Å². The zero-order valence-corrected chi connectivity index (χ0v) is 13.7. The number of fused-ring (bicyclic) bond motifs is 1. The molecule has 0 radical (unpaired) electrons. The van der Waals surface area contributed by atoms with Crippen LogP contribution in [0.4, 0.5) is 11.5 Å². The number of rotatable bonds is 3. The molecule has 21 heavy (non-hydrogen) atoms. The van der Waals surface area contributed by atoms with Crippen molar-refractivity contribution >= 4 is 44.7 Å². The van der Waals surface area contributed by atoms with Crippen molar-refractivity contribution in [3.63, 3.8) is 0 Å². The molecule has 108 valence electrons. The van der Waals surface area contributed by atoms with Gasteiger partial charge >= 0.3 is 0 Å². The van der Waals surface area contributed by atoms with Gasteiger partial charge in [0.2, 0.25) is 5.28 Å². The topological polar surface area (TPSA) is 37.8 Å². The van der Waals surface area contributed by atoms with E-state index in [4.69, 9.17) is 11.6 Å². The number of aryl methyl sites for hydroxylation is 1. The van der Waals surface area contributed by atoms with Gasteiger partial charge in [-0.1, -0.05) is 26.0 Å². The average molecular weight is 318 g/mol. The monoisotopic (exact) mass is 317 g/mol. The molecule has 0 saturated carbocycles. The fourth-order valence-corrected chi connectivity index (χ4v) is 3.32. The lowest BCUT2D eigenvalue weighted by Crippen LogP contribution is -1.97. The zero-order valence-electron chi connectivity index (χ0n) is 12.1. The maximum atomic E-state index is 6.03. The van der Waals surface area contributed by atoms with Crippen LogP contribution < -0.4 is 5.32 Å². The molecule has 3 rings (SSSR count). The number of anilines is 2. The van der Waals surface area contributed by atoms with E-state index in [2.05, 4.69) is 60.3 Å². The number of benzene rings is 1. The highest BCUT2D eigenvalue weighted by Crippen LogP contribution is 2.31. The van der Waals surface area contributed by atoms with E-state index in [0.717, 1.165) is 21.7 Å². The van der Waals surface area contributed by atoms with Crippen LogP contribution in [0.25, 0.3) is 10.2 Å².